The first-order valence-electron chi connectivity index (χ1n) is 0.703. The Kier molecular flexibility index (Phi) is 4.76. The van der Waals surface area contributed by atoms with Crippen molar-refractivity contribution in [3.8, 4) is 0 Å². The van der Waals surface area contributed by atoms with Crippen molar-refractivity contribution in [2.24, 2.45) is 0 Å². The molecule has 0 aromatic carbocycles. The first-order valence-corrected chi connectivity index (χ1v) is 2.11. The molecular formula is AgF2O2P. The molecule has 0 aliphatic carbocycles. The van der Waals surface area contributed by atoms with Crippen LogP contribution in [0, 0.1) is 0 Å². The molecule has 0 unspecified atom stereocenters. The molecule has 0 rings (SSSR count). The van der Waals surface area contributed by atoms with Gasteiger partial charge in [-0.25, -0.2) is 0 Å². The van der Waals surface area contributed by atoms with Crippen LogP contribution >= 0.6 is 7.99 Å². The summed E-state index contributed by atoms with van der Waals surface area (Å²) in [5.74, 6) is 0. The SMILES string of the molecule is O=P([O-])(F)F.[Ag+]. The third-order valence-corrected chi connectivity index (χ3v) is 0. The molecular weight excluding hydrogens is 209 g/mol. The van der Waals surface area contributed by atoms with Crippen LogP contribution in [0.15, 0.2) is 0 Å². The van der Waals surface area contributed by atoms with Gasteiger partial charge in [0.05, 0.1) is 0 Å². The van der Waals surface area contributed by atoms with Gasteiger partial charge in [-0.15, -0.1) is 0 Å². The second-order valence-corrected chi connectivity index (χ2v) is 1.24. The summed E-state index contributed by atoms with van der Waals surface area (Å²) in [7, 11) is -5.89. The van der Waals surface area contributed by atoms with E-state index < -0.39 is 7.99 Å². The summed E-state index contributed by atoms with van der Waals surface area (Å²) in [6.45, 7) is 0. The van der Waals surface area contributed by atoms with Crippen molar-refractivity contribution in [3.05, 3.63) is 0 Å². The Balaban J connectivity index is 0. The molecule has 0 radical (unpaired) electrons. The van der Waals surface area contributed by atoms with Crippen LogP contribution in [0.1, 0.15) is 0 Å². The Bertz CT molecular complexity index is 57.7. The standard InChI is InChI=1S/Ag.F2HO2P/c;1-5(2,3)4/h;(H,3,4)/q+1;/p-1. The van der Waals surface area contributed by atoms with E-state index >= 15 is 0 Å². The number of hydrogen-bond acceptors (Lipinski definition) is 2. The van der Waals surface area contributed by atoms with Crippen LogP contribution in [0.4, 0.5) is 8.39 Å². The predicted molar refractivity (Wildman–Crippen MR) is 9.82 cm³/mol. The van der Waals surface area contributed by atoms with Crippen LogP contribution in [0.3, 0.4) is 0 Å². The average Bonchev–Trinajstić information content (AvgIpc) is 0.722. The Morgan fingerprint density at radius 3 is 1.50 bits per heavy atom. The molecule has 6 heavy (non-hydrogen) atoms. The fraction of sp³-hybridized carbons (Fsp3) is 0. The Morgan fingerprint density at radius 2 is 1.50 bits per heavy atom. The van der Waals surface area contributed by atoms with Crippen molar-refractivity contribution in [2.75, 3.05) is 0 Å². The summed E-state index contributed by atoms with van der Waals surface area (Å²) in [5.41, 5.74) is 0. The molecule has 0 saturated carbocycles. The largest absolute Gasteiger partial charge is 1.00 e. The molecule has 2 nitrogen and oxygen atoms in total. The van der Waals surface area contributed by atoms with E-state index in [0.717, 1.165) is 0 Å². The topological polar surface area (TPSA) is 40.1 Å². The van der Waals surface area contributed by atoms with Crippen molar-refractivity contribution < 1.29 is 40.2 Å². The van der Waals surface area contributed by atoms with Gasteiger partial charge in [0.15, 0.2) is 0 Å². The maximum Gasteiger partial charge on any atom is 1.00 e. The molecule has 0 aromatic rings. The Hall–Kier alpha value is 0.790. The van der Waals surface area contributed by atoms with E-state index in [1.165, 1.54) is 0 Å². The summed E-state index contributed by atoms with van der Waals surface area (Å²) >= 11 is 0. The van der Waals surface area contributed by atoms with Crippen molar-refractivity contribution >= 4 is 7.99 Å². The zero-order valence-corrected chi connectivity index (χ0v) is 4.70. The first-order chi connectivity index (χ1) is 2.00. The van der Waals surface area contributed by atoms with Gasteiger partial charge in [0, 0.05) is 0 Å². The fourth-order valence-corrected chi connectivity index (χ4v) is 0. The van der Waals surface area contributed by atoms with Gasteiger partial charge < -0.3 is 4.89 Å². The van der Waals surface area contributed by atoms with Crippen molar-refractivity contribution in [2.45, 2.75) is 0 Å². The van der Waals surface area contributed by atoms with E-state index in [9.17, 15) is 8.39 Å². The average molecular weight is 209 g/mol. The number of hydrogen-bond donors (Lipinski definition) is 0. The quantitative estimate of drug-likeness (QED) is 0.427. The van der Waals surface area contributed by atoms with Crippen LogP contribution in [0.2, 0.25) is 0 Å². The van der Waals surface area contributed by atoms with Gasteiger partial charge in [-0.1, -0.05) is 0 Å². The van der Waals surface area contributed by atoms with E-state index in [2.05, 4.69) is 0 Å². The van der Waals surface area contributed by atoms with Gasteiger partial charge in [0.2, 0.25) is 0 Å². The van der Waals surface area contributed by atoms with Crippen molar-refractivity contribution in [3.63, 3.8) is 0 Å². The molecule has 0 saturated heterocycles. The van der Waals surface area contributed by atoms with Crippen LogP contribution in [-0.2, 0) is 26.9 Å². The molecule has 0 bridgehead atoms. The third kappa shape index (κ3) is 110. The summed E-state index contributed by atoms with van der Waals surface area (Å²) in [6.07, 6.45) is 0. The Labute approximate surface area is 48.8 Å². The maximum absolute atomic E-state index is 10.0. The zero-order chi connectivity index (χ0) is 4.50. The molecule has 6 heteroatoms. The molecule has 0 aliphatic heterocycles. The monoisotopic (exact) mass is 208 g/mol. The molecule has 0 spiro atoms. The predicted octanol–water partition coefficient (Wildman–Crippen LogP) is 0.391. The minimum atomic E-state index is -5.89. The summed E-state index contributed by atoms with van der Waals surface area (Å²) in [5, 5.41) is 0. The Morgan fingerprint density at radius 1 is 1.50 bits per heavy atom. The normalized spacial score (nSPS) is 9.83. The van der Waals surface area contributed by atoms with Gasteiger partial charge in [-0.05, 0) is 0 Å². The smallest absolute Gasteiger partial charge is 0.749 e. The first kappa shape index (κ1) is 9.92. The van der Waals surface area contributed by atoms with Crippen molar-refractivity contribution in [1.29, 1.82) is 0 Å². The van der Waals surface area contributed by atoms with E-state index in [4.69, 9.17) is 9.46 Å². The second-order valence-electron chi connectivity index (χ2n) is 0.414. The molecule has 0 aliphatic rings. The van der Waals surface area contributed by atoms with Crippen LogP contribution in [0.25, 0.3) is 0 Å². The summed E-state index contributed by atoms with van der Waals surface area (Å²) in [4.78, 5) is 8.33. The number of rotatable bonds is 0. The fourth-order valence-electron chi connectivity index (χ4n) is 0. The number of halogens is 2. The molecule has 0 amide bonds. The van der Waals surface area contributed by atoms with Gasteiger partial charge in [-0.3, -0.25) is 4.57 Å². The molecule has 0 fully saturated rings. The molecule has 0 heterocycles. The maximum atomic E-state index is 10.0. The zero-order valence-electron chi connectivity index (χ0n) is 2.32. The van der Waals surface area contributed by atoms with Crippen LogP contribution in [-0.4, -0.2) is 0 Å². The van der Waals surface area contributed by atoms with E-state index in [0.29, 0.717) is 0 Å². The summed E-state index contributed by atoms with van der Waals surface area (Å²) < 4.78 is 28.4. The van der Waals surface area contributed by atoms with E-state index in [1.54, 1.807) is 0 Å². The molecule has 0 atom stereocenters. The summed E-state index contributed by atoms with van der Waals surface area (Å²) in [6, 6.07) is 0. The second kappa shape index (κ2) is 2.88. The molecule has 42 valence electrons. The minimum Gasteiger partial charge on any atom is -0.749 e. The van der Waals surface area contributed by atoms with Crippen LogP contribution < -0.4 is 4.89 Å². The molecule has 0 aromatic heterocycles. The minimum absolute atomic E-state index is 0. The van der Waals surface area contributed by atoms with Gasteiger partial charge in [0.25, 0.3) is 0 Å². The van der Waals surface area contributed by atoms with Crippen LogP contribution in [0.5, 0.6) is 0 Å². The van der Waals surface area contributed by atoms with Gasteiger partial charge >= 0.3 is 30.4 Å². The molecule has 0 N–H and O–H groups in total. The van der Waals surface area contributed by atoms with E-state index in [-0.39, 0.29) is 22.4 Å². The third-order valence-electron chi connectivity index (χ3n) is 0. The van der Waals surface area contributed by atoms with Gasteiger partial charge in [0.1, 0.15) is 0 Å². The van der Waals surface area contributed by atoms with E-state index in [1.807, 2.05) is 0 Å². The van der Waals surface area contributed by atoms with Crippen molar-refractivity contribution in [1.82, 2.24) is 0 Å². The van der Waals surface area contributed by atoms with Gasteiger partial charge in [-0.2, -0.15) is 8.39 Å².